The van der Waals surface area contributed by atoms with Crippen LogP contribution in [0.4, 0.5) is 0 Å². The van der Waals surface area contributed by atoms with E-state index in [4.69, 9.17) is 0 Å². The molecule has 0 aliphatic rings. The second-order valence-electron chi connectivity index (χ2n) is 5.20. The van der Waals surface area contributed by atoms with Crippen LogP contribution in [0.15, 0.2) is 29.2 Å². The molecular weight excluding hydrogens is 264 g/mol. The normalized spacial score (nSPS) is 13.6. The van der Waals surface area contributed by atoms with E-state index in [1.807, 2.05) is 0 Å². The van der Waals surface area contributed by atoms with Crippen molar-refractivity contribution in [3.63, 3.8) is 0 Å². The van der Waals surface area contributed by atoms with Crippen molar-refractivity contribution in [2.45, 2.75) is 38.1 Å². The van der Waals surface area contributed by atoms with Crippen LogP contribution in [0.2, 0.25) is 0 Å². The third kappa shape index (κ3) is 4.33. The molecule has 0 saturated carbocycles. The average molecular weight is 284 g/mol. The van der Waals surface area contributed by atoms with Gasteiger partial charge in [-0.05, 0) is 24.3 Å². The fourth-order valence-electron chi connectivity index (χ4n) is 1.34. The Labute approximate surface area is 114 Å². The first-order valence-electron chi connectivity index (χ1n) is 6.08. The summed E-state index contributed by atoms with van der Waals surface area (Å²) in [7, 11) is -3.44. The van der Waals surface area contributed by atoms with Gasteiger partial charge in [-0.1, -0.05) is 6.92 Å². The predicted octanol–water partition coefficient (Wildman–Crippen LogP) is 1.71. The van der Waals surface area contributed by atoms with Gasteiger partial charge in [-0.25, -0.2) is 17.9 Å². The summed E-state index contributed by atoms with van der Waals surface area (Å²) in [5.41, 5.74) is 0.148. The van der Waals surface area contributed by atoms with Gasteiger partial charge in [0.15, 0.2) is 11.8 Å². The molecule has 19 heavy (non-hydrogen) atoms. The van der Waals surface area contributed by atoms with Crippen molar-refractivity contribution in [1.29, 1.82) is 0 Å². The van der Waals surface area contributed by atoms with Crippen LogP contribution < -0.4 is 4.72 Å². The molecule has 0 fully saturated rings. The monoisotopic (exact) mass is 284 g/mol. The fraction of sp³-hybridized carbons (Fsp3) is 0.462. The van der Waals surface area contributed by atoms with E-state index in [1.54, 1.807) is 39.8 Å². The summed E-state index contributed by atoms with van der Waals surface area (Å²) in [5.74, 6) is 0. The highest BCUT2D eigenvalue weighted by Crippen LogP contribution is 2.11. The molecule has 0 spiro atoms. The molecular formula is C13H20N2O3S. The lowest BCUT2D eigenvalue weighted by atomic mass is 10.1. The number of rotatable bonds is 4. The number of hydrogen-bond acceptors (Lipinski definition) is 3. The van der Waals surface area contributed by atoms with E-state index in [1.165, 1.54) is 18.3 Å². The van der Waals surface area contributed by atoms with Gasteiger partial charge in [-0.3, -0.25) is 0 Å². The fourth-order valence-corrected chi connectivity index (χ4v) is 2.38. The van der Waals surface area contributed by atoms with Gasteiger partial charge in [-0.2, -0.15) is 0 Å². The van der Waals surface area contributed by atoms with Gasteiger partial charge in [0.25, 0.3) is 0 Å². The standard InChI is InChI=1S/C13H20N2O3S/c1-5-14-19(17,18)12-8-6-11(7-9-12)10-15(16)13(2,3)4/h6-10,14H,5H2,1-4H3/b15-10-. The van der Waals surface area contributed by atoms with Crippen molar-refractivity contribution in [2.24, 2.45) is 0 Å². The predicted molar refractivity (Wildman–Crippen MR) is 75.9 cm³/mol. The number of hydrogen-bond donors (Lipinski definition) is 1. The minimum atomic E-state index is -3.44. The van der Waals surface area contributed by atoms with Crippen LogP contribution in [0.25, 0.3) is 0 Å². The minimum absolute atomic E-state index is 0.194. The molecule has 1 aromatic carbocycles. The van der Waals surface area contributed by atoms with E-state index < -0.39 is 15.6 Å². The summed E-state index contributed by atoms with van der Waals surface area (Å²) in [6.07, 6.45) is 1.45. The number of nitrogens with zero attached hydrogens (tertiary/aromatic N) is 1. The van der Waals surface area contributed by atoms with Crippen molar-refractivity contribution in [1.82, 2.24) is 4.72 Å². The zero-order valence-corrected chi connectivity index (χ0v) is 12.5. The molecule has 0 heterocycles. The molecule has 0 bridgehead atoms. The highest BCUT2D eigenvalue weighted by atomic mass is 32.2. The second kappa shape index (κ2) is 5.71. The molecule has 0 amide bonds. The summed E-state index contributed by atoms with van der Waals surface area (Å²) in [6.45, 7) is 7.48. The Morgan fingerprint density at radius 1 is 1.26 bits per heavy atom. The first-order valence-corrected chi connectivity index (χ1v) is 7.56. The van der Waals surface area contributed by atoms with Crippen LogP contribution in [-0.4, -0.2) is 31.5 Å². The maximum Gasteiger partial charge on any atom is 0.240 e. The van der Waals surface area contributed by atoms with Crippen LogP contribution in [0.1, 0.15) is 33.3 Å². The van der Waals surface area contributed by atoms with Crippen molar-refractivity contribution in [3.8, 4) is 0 Å². The van der Waals surface area contributed by atoms with Gasteiger partial charge < -0.3 is 5.21 Å². The number of sulfonamides is 1. The van der Waals surface area contributed by atoms with Crippen LogP contribution >= 0.6 is 0 Å². The lowest BCUT2D eigenvalue weighted by Crippen LogP contribution is -2.29. The third-order valence-electron chi connectivity index (χ3n) is 2.45. The van der Waals surface area contributed by atoms with E-state index in [-0.39, 0.29) is 4.90 Å². The summed E-state index contributed by atoms with van der Waals surface area (Å²) in [4.78, 5) is 0.194. The molecule has 0 radical (unpaired) electrons. The molecule has 6 heteroatoms. The molecule has 0 aromatic heterocycles. The Bertz CT molecular complexity index is 555. The van der Waals surface area contributed by atoms with E-state index in [2.05, 4.69) is 4.72 Å². The van der Waals surface area contributed by atoms with Gasteiger partial charge in [0.1, 0.15) is 0 Å². The molecule has 0 atom stereocenters. The third-order valence-corrected chi connectivity index (χ3v) is 4.01. The average Bonchev–Trinajstić information content (AvgIpc) is 2.28. The molecule has 0 unspecified atom stereocenters. The Morgan fingerprint density at radius 3 is 2.21 bits per heavy atom. The Kier molecular flexibility index (Phi) is 4.70. The summed E-state index contributed by atoms with van der Waals surface area (Å²) >= 11 is 0. The zero-order chi connectivity index (χ0) is 14.7. The lowest BCUT2D eigenvalue weighted by Gasteiger charge is -2.18. The second-order valence-corrected chi connectivity index (χ2v) is 6.96. The largest absolute Gasteiger partial charge is 0.623 e. The molecule has 1 N–H and O–H groups in total. The van der Waals surface area contributed by atoms with Crippen LogP contribution in [0.3, 0.4) is 0 Å². The Hall–Kier alpha value is -1.40. The lowest BCUT2D eigenvalue weighted by molar-refractivity contribution is -0.530. The van der Waals surface area contributed by atoms with Crippen LogP contribution in [0, 0.1) is 5.21 Å². The smallest absolute Gasteiger partial charge is 0.240 e. The first-order chi connectivity index (χ1) is 8.66. The Balaban J connectivity index is 3.02. The van der Waals surface area contributed by atoms with E-state index >= 15 is 0 Å². The molecule has 1 aromatic rings. The molecule has 5 nitrogen and oxygen atoms in total. The highest BCUT2D eigenvalue weighted by molar-refractivity contribution is 7.89. The van der Waals surface area contributed by atoms with Crippen LogP contribution in [0.5, 0.6) is 0 Å². The minimum Gasteiger partial charge on any atom is -0.623 e. The molecule has 106 valence electrons. The van der Waals surface area contributed by atoms with Gasteiger partial charge in [0.2, 0.25) is 10.0 Å². The molecule has 0 aliphatic heterocycles. The number of hydroxylamine groups is 1. The summed E-state index contributed by atoms with van der Waals surface area (Å²) in [5, 5.41) is 11.7. The van der Waals surface area contributed by atoms with Gasteiger partial charge in [0.05, 0.1) is 4.90 Å². The molecule has 0 aliphatic carbocycles. The van der Waals surface area contributed by atoms with Crippen LogP contribution in [-0.2, 0) is 10.0 Å². The van der Waals surface area contributed by atoms with Gasteiger partial charge in [-0.15, -0.1) is 0 Å². The SMILES string of the molecule is CCNS(=O)(=O)c1ccc(/C=[N+](\[O-])C(C)(C)C)cc1. The topological polar surface area (TPSA) is 72.2 Å². The summed E-state index contributed by atoms with van der Waals surface area (Å²) in [6, 6.07) is 6.20. The number of benzene rings is 1. The van der Waals surface area contributed by atoms with Gasteiger partial charge >= 0.3 is 0 Å². The van der Waals surface area contributed by atoms with E-state index in [0.29, 0.717) is 12.1 Å². The highest BCUT2D eigenvalue weighted by Gasteiger charge is 2.18. The van der Waals surface area contributed by atoms with Crippen molar-refractivity contribution in [3.05, 3.63) is 35.0 Å². The molecule has 0 saturated heterocycles. The first kappa shape index (κ1) is 15.7. The van der Waals surface area contributed by atoms with Crippen molar-refractivity contribution >= 4 is 16.2 Å². The maximum absolute atomic E-state index is 11.7. The van der Waals surface area contributed by atoms with E-state index in [0.717, 1.165) is 4.74 Å². The van der Waals surface area contributed by atoms with Crippen molar-refractivity contribution in [2.75, 3.05) is 6.54 Å². The number of nitrogens with one attached hydrogen (secondary N) is 1. The Morgan fingerprint density at radius 2 is 1.79 bits per heavy atom. The zero-order valence-electron chi connectivity index (χ0n) is 11.7. The van der Waals surface area contributed by atoms with Crippen molar-refractivity contribution < 1.29 is 13.2 Å². The van der Waals surface area contributed by atoms with E-state index in [9.17, 15) is 13.6 Å². The van der Waals surface area contributed by atoms with Gasteiger partial charge in [0, 0.05) is 32.9 Å². The maximum atomic E-state index is 11.7. The quantitative estimate of drug-likeness (QED) is 0.396. The summed E-state index contributed by atoms with van der Waals surface area (Å²) < 4.78 is 26.7. The molecule has 1 rings (SSSR count).